The van der Waals surface area contributed by atoms with Crippen LogP contribution < -0.4 is 0 Å². The highest BCUT2D eigenvalue weighted by molar-refractivity contribution is 7.89. The van der Waals surface area contributed by atoms with Crippen molar-refractivity contribution in [2.24, 2.45) is 4.40 Å². The van der Waals surface area contributed by atoms with Gasteiger partial charge in [-0.15, -0.1) is 0 Å². The molecule has 0 spiro atoms. The van der Waals surface area contributed by atoms with Gasteiger partial charge in [-0.1, -0.05) is 0 Å². The number of hydrogen-bond acceptors (Lipinski definition) is 2. The van der Waals surface area contributed by atoms with Crippen molar-refractivity contribution >= 4 is 15.7 Å². The molecule has 0 aliphatic heterocycles. The van der Waals surface area contributed by atoms with Crippen LogP contribution in [0.1, 0.15) is 13.8 Å². The lowest BCUT2D eigenvalue weighted by molar-refractivity contribution is 0.603. The average Bonchev–Trinajstić information content (AvgIpc) is 1.21. The van der Waals surface area contributed by atoms with Crippen LogP contribution >= 0.6 is 0 Å². The van der Waals surface area contributed by atoms with Crippen LogP contribution in [0.3, 0.4) is 0 Å². The van der Waals surface area contributed by atoms with E-state index >= 15 is 0 Å². The van der Waals surface area contributed by atoms with E-state index in [2.05, 4.69) is 4.40 Å². The van der Waals surface area contributed by atoms with Crippen molar-refractivity contribution < 1.29 is 8.42 Å². The minimum Gasteiger partial charge on any atom is -0.205 e. The molecule has 0 bridgehead atoms. The van der Waals surface area contributed by atoms with Crippen LogP contribution in [0, 0.1) is 0 Å². The van der Waals surface area contributed by atoms with Gasteiger partial charge in [-0.2, -0.15) is 4.40 Å². The Morgan fingerprint density at radius 2 is 1.75 bits per heavy atom. The average molecular weight is 135 g/mol. The Morgan fingerprint density at radius 1 is 1.38 bits per heavy atom. The Hall–Kier alpha value is -0.380. The molecule has 0 aromatic carbocycles. The highest BCUT2D eigenvalue weighted by Crippen LogP contribution is 1.84. The molecule has 0 saturated heterocycles. The molecule has 0 atom stereocenters. The summed E-state index contributed by atoms with van der Waals surface area (Å²) >= 11 is 0. The Balaban J connectivity index is 4.36. The smallest absolute Gasteiger partial charge is 0.205 e. The van der Waals surface area contributed by atoms with Crippen molar-refractivity contribution in [3.63, 3.8) is 0 Å². The topological polar surface area (TPSA) is 46.5 Å². The van der Waals surface area contributed by atoms with E-state index in [9.17, 15) is 8.42 Å². The molecular weight excluding hydrogens is 126 g/mol. The molecule has 0 aromatic rings. The summed E-state index contributed by atoms with van der Waals surface area (Å²) in [6.45, 7) is 3.28. The Labute approximate surface area is 49.5 Å². The van der Waals surface area contributed by atoms with Gasteiger partial charge in [0.25, 0.3) is 0 Å². The molecule has 0 amide bonds. The second kappa shape index (κ2) is 2.26. The van der Waals surface area contributed by atoms with Gasteiger partial charge in [-0.25, -0.2) is 8.42 Å². The number of rotatable bonds is 1. The van der Waals surface area contributed by atoms with Crippen LogP contribution in [-0.2, 0) is 10.0 Å². The first-order chi connectivity index (χ1) is 3.42. The number of hydrogen-bond donors (Lipinski definition) is 0. The summed E-state index contributed by atoms with van der Waals surface area (Å²) in [5, 5.41) is 0. The van der Waals surface area contributed by atoms with Gasteiger partial charge in [0.15, 0.2) is 0 Å². The number of sulfonamides is 1. The van der Waals surface area contributed by atoms with Gasteiger partial charge < -0.3 is 0 Å². The molecule has 3 nitrogen and oxygen atoms in total. The maximum atomic E-state index is 10.3. The first-order valence-electron chi connectivity index (χ1n) is 2.15. The van der Waals surface area contributed by atoms with Gasteiger partial charge in [-0.3, -0.25) is 0 Å². The van der Waals surface area contributed by atoms with Gasteiger partial charge in [-0.05, 0) is 13.8 Å². The summed E-state index contributed by atoms with van der Waals surface area (Å²) in [5.74, 6) is 0. The van der Waals surface area contributed by atoms with Gasteiger partial charge >= 0.3 is 0 Å². The molecule has 0 aromatic heterocycles. The highest BCUT2D eigenvalue weighted by Gasteiger charge is 1.92. The quantitative estimate of drug-likeness (QED) is 0.489. The second-order valence-corrected chi connectivity index (χ2v) is 3.42. The van der Waals surface area contributed by atoms with E-state index in [4.69, 9.17) is 0 Å². The van der Waals surface area contributed by atoms with Crippen LogP contribution in [0.2, 0.25) is 0 Å². The zero-order valence-corrected chi connectivity index (χ0v) is 5.99. The summed E-state index contributed by atoms with van der Waals surface area (Å²) in [6, 6.07) is 0. The third kappa shape index (κ3) is 5.62. The monoisotopic (exact) mass is 135 g/mol. The van der Waals surface area contributed by atoms with E-state index in [1.54, 1.807) is 13.8 Å². The highest BCUT2D eigenvalue weighted by atomic mass is 32.2. The van der Waals surface area contributed by atoms with Crippen LogP contribution in [0.5, 0.6) is 0 Å². The van der Waals surface area contributed by atoms with Crippen LogP contribution in [-0.4, -0.2) is 20.4 Å². The minimum absolute atomic E-state index is 0.563. The van der Waals surface area contributed by atoms with Crippen LogP contribution in [0.15, 0.2) is 4.40 Å². The predicted molar refractivity (Wildman–Crippen MR) is 33.6 cm³/mol. The molecule has 0 unspecified atom stereocenters. The van der Waals surface area contributed by atoms with E-state index in [0.717, 1.165) is 6.26 Å². The van der Waals surface area contributed by atoms with Crippen molar-refractivity contribution in [3.8, 4) is 0 Å². The fourth-order valence-electron chi connectivity index (χ4n) is 0.332. The molecule has 8 heavy (non-hydrogen) atoms. The molecule has 0 fully saturated rings. The lowest BCUT2D eigenvalue weighted by Crippen LogP contribution is -1.93. The van der Waals surface area contributed by atoms with E-state index < -0.39 is 10.0 Å². The summed E-state index contributed by atoms with van der Waals surface area (Å²) in [7, 11) is -3.14. The largest absolute Gasteiger partial charge is 0.250 e. The van der Waals surface area contributed by atoms with E-state index in [1.165, 1.54) is 0 Å². The van der Waals surface area contributed by atoms with Gasteiger partial charge in [0.2, 0.25) is 10.0 Å². The van der Waals surface area contributed by atoms with Crippen LogP contribution in [0.25, 0.3) is 0 Å². The lowest BCUT2D eigenvalue weighted by Gasteiger charge is -1.85. The van der Waals surface area contributed by atoms with Crippen molar-refractivity contribution in [2.45, 2.75) is 13.8 Å². The van der Waals surface area contributed by atoms with Crippen molar-refractivity contribution in [1.82, 2.24) is 0 Å². The molecule has 0 heterocycles. The SMILES string of the molecule is CC(C)=NS(C)(=O)=O. The summed E-state index contributed by atoms with van der Waals surface area (Å²) in [5.41, 5.74) is 0.563. The maximum Gasteiger partial charge on any atom is 0.250 e. The molecular formula is C4H9NO2S. The maximum absolute atomic E-state index is 10.3. The van der Waals surface area contributed by atoms with Gasteiger partial charge in [0.1, 0.15) is 0 Å². The molecule has 4 heteroatoms. The summed E-state index contributed by atoms with van der Waals surface area (Å²) in [6.07, 6.45) is 1.07. The van der Waals surface area contributed by atoms with Crippen molar-refractivity contribution in [1.29, 1.82) is 0 Å². The fraction of sp³-hybridized carbons (Fsp3) is 0.750. The van der Waals surface area contributed by atoms with Crippen molar-refractivity contribution in [2.75, 3.05) is 6.26 Å². The molecule has 0 radical (unpaired) electrons. The predicted octanol–water partition coefficient (Wildman–Crippen LogP) is 0.427. The standard InChI is InChI=1S/C4H9NO2S/c1-4(2)5-8(3,6)7/h1-3H3. The fourth-order valence-corrected chi connectivity index (χ4v) is 0.995. The summed E-state index contributed by atoms with van der Waals surface area (Å²) < 4.78 is 23.8. The molecule has 0 saturated carbocycles. The summed E-state index contributed by atoms with van der Waals surface area (Å²) in [4.78, 5) is 0. The zero-order valence-electron chi connectivity index (χ0n) is 5.17. The Kier molecular flexibility index (Phi) is 2.15. The first kappa shape index (κ1) is 7.62. The minimum atomic E-state index is -3.14. The van der Waals surface area contributed by atoms with Gasteiger partial charge in [0, 0.05) is 5.71 Å². The van der Waals surface area contributed by atoms with Gasteiger partial charge in [0.05, 0.1) is 6.26 Å². The molecule has 0 aliphatic carbocycles. The molecule has 48 valence electrons. The third-order valence-corrected chi connectivity index (χ3v) is 1.05. The van der Waals surface area contributed by atoms with E-state index in [-0.39, 0.29) is 0 Å². The van der Waals surface area contributed by atoms with Crippen LogP contribution in [0.4, 0.5) is 0 Å². The van der Waals surface area contributed by atoms with E-state index in [0.29, 0.717) is 5.71 Å². The third-order valence-electron chi connectivity index (χ3n) is 0.348. The Morgan fingerprint density at radius 3 is 1.75 bits per heavy atom. The Bertz CT molecular complexity index is 186. The molecule has 0 rings (SSSR count). The molecule has 0 N–H and O–H groups in total. The first-order valence-corrected chi connectivity index (χ1v) is 4.00. The normalized spacial score (nSPS) is 10.9. The number of nitrogens with zero attached hydrogens (tertiary/aromatic N) is 1. The van der Waals surface area contributed by atoms with E-state index in [1.807, 2.05) is 0 Å². The zero-order chi connectivity index (χ0) is 6.78. The van der Waals surface area contributed by atoms with Crippen molar-refractivity contribution in [3.05, 3.63) is 0 Å². The second-order valence-electron chi connectivity index (χ2n) is 1.77. The molecule has 0 aliphatic rings. The lowest BCUT2D eigenvalue weighted by atomic mass is 10.5.